The van der Waals surface area contributed by atoms with Crippen molar-refractivity contribution in [2.24, 2.45) is 0 Å². The highest BCUT2D eigenvalue weighted by Crippen LogP contribution is 2.16. The first-order valence-electron chi connectivity index (χ1n) is 10.4. The van der Waals surface area contributed by atoms with Crippen LogP contribution < -0.4 is 10.1 Å². The van der Waals surface area contributed by atoms with Crippen LogP contribution in [0.25, 0.3) is 6.08 Å². The Morgan fingerprint density at radius 1 is 1.12 bits per heavy atom. The lowest BCUT2D eigenvalue weighted by atomic mass is 10.0. The van der Waals surface area contributed by atoms with Crippen molar-refractivity contribution in [3.8, 4) is 5.75 Å². The number of halogens is 1. The van der Waals surface area contributed by atoms with Gasteiger partial charge in [0.1, 0.15) is 11.6 Å². The number of nitrogens with zero attached hydrogens (tertiary/aromatic N) is 1. The maximum Gasteiger partial charge on any atom is 0.513 e. The SMILES string of the molecule is CCOC(=O)Oc1ccc(C(=O)NC2CCN(C(=O)/C=C/c3cccc(F)c3)CC2)cc1. The van der Waals surface area contributed by atoms with E-state index >= 15 is 0 Å². The minimum absolute atomic E-state index is 0.0470. The van der Waals surface area contributed by atoms with Gasteiger partial charge in [-0.05, 0) is 67.8 Å². The fourth-order valence-electron chi connectivity index (χ4n) is 3.31. The zero-order valence-electron chi connectivity index (χ0n) is 17.8. The predicted octanol–water partition coefficient (Wildman–Crippen LogP) is 3.80. The normalized spacial score (nSPS) is 14.2. The molecular weight excluding hydrogens is 415 g/mol. The molecule has 0 spiro atoms. The molecule has 2 amide bonds. The van der Waals surface area contributed by atoms with E-state index in [0.717, 1.165) is 0 Å². The summed E-state index contributed by atoms with van der Waals surface area (Å²) in [5.74, 6) is -0.435. The lowest BCUT2D eigenvalue weighted by Gasteiger charge is -2.31. The highest BCUT2D eigenvalue weighted by Gasteiger charge is 2.23. The van der Waals surface area contributed by atoms with Gasteiger partial charge < -0.3 is 19.7 Å². The molecule has 32 heavy (non-hydrogen) atoms. The van der Waals surface area contributed by atoms with Crippen LogP contribution in [0.2, 0.25) is 0 Å². The minimum atomic E-state index is -0.795. The second kappa shape index (κ2) is 11.1. The number of ether oxygens (including phenoxy) is 2. The molecular formula is C24H25FN2O5. The van der Waals surface area contributed by atoms with Crippen molar-refractivity contribution < 1.29 is 28.2 Å². The van der Waals surface area contributed by atoms with Crippen LogP contribution in [0.4, 0.5) is 9.18 Å². The summed E-state index contributed by atoms with van der Waals surface area (Å²) >= 11 is 0. The maximum atomic E-state index is 13.2. The highest BCUT2D eigenvalue weighted by molar-refractivity contribution is 5.94. The van der Waals surface area contributed by atoms with E-state index in [9.17, 15) is 18.8 Å². The van der Waals surface area contributed by atoms with Crippen molar-refractivity contribution in [1.29, 1.82) is 0 Å². The largest absolute Gasteiger partial charge is 0.513 e. The van der Waals surface area contributed by atoms with Crippen LogP contribution in [0.15, 0.2) is 54.6 Å². The van der Waals surface area contributed by atoms with Gasteiger partial charge in [0.2, 0.25) is 5.91 Å². The van der Waals surface area contributed by atoms with Crippen LogP contribution >= 0.6 is 0 Å². The standard InChI is InChI=1S/C24H25FN2O5/c1-2-31-24(30)32-21-9-7-18(8-10-21)23(29)26-20-12-14-27(15-13-20)22(28)11-6-17-4-3-5-19(25)16-17/h3-11,16,20H,2,12-15H2,1H3,(H,26,29)/b11-6+. The zero-order valence-corrected chi connectivity index (χ0v) is 17.8. The second-order valence-electron chi connectivity index (χ2n) is 7.27. The molecule has 1 N–H and O–H groups in total. The molecule has 7 nitrogen and oxygen atoms in total. The van der Waals surface area contributed by atoms with E-state index in [-0.39, 0.29) is 36.0 Å². The third kappa shape index (κ3) is 6.66. The van der Waals surface area contributed by atoms with Gasteiger partial charge in [0.15, 0.2) is 0 Å². The maximum absolute atomic E-state index is 13.2. The molecule has 0 radical (unpaired) electrons. The highest BCUT2D eigenvalue weighted by atomic mass is 19.1. The van der Waals surface area contributed by atoms with Crippen LogP contribution in [0.3, 0.4) is 0 Å². The van der Waals surface area contributed by atoms with Gasteiger partial charge in [-0.2, -0.15) is 0 Å². The fourth-order valence-corrected chi connectivity index (χ4v) is 3.31. The van der Waals surface area contributed by atoms with E-state index in [4.69, 9.17) is 9.47 Å². The summed E-state index contributed by atoms with van der Waals surface area (Å²) in [6.45, 7) is 2.93. The lowest BCUT2D eigenvalue weighted by Crippen LogP contribution is -2.46. The van der Waals surface area contributed by atoms with E-state index < -0.39 is 6.16 Å². The molecule has 0 atom stereocenters. The number of hydrogen-bond donors (Lipinski definition) is 1. The number of amides is 2. The Balaban J connectivity index is 1.45. The summed E-state index contributed by atoms with van der Waals surface area (Å²) in [7, 11) is 0. The van der Waals surface area contributed by atoms with E-state index in [1.54, 1.807) is 42.2 Å². The summed E-state index contributed by atoms with van der Waals surface area (Å²) in [5.41, 5.74) is 1.07. The van der Waals surface area contributed by atoms with E-state index in [1.165, 1.54) is 30.3 Å². The monoisotopic (exact) mass is 440 g/mol. The number of piperidine rings is 1. The first-order valence-corrected chi connectivity index (χ1v) is 10.4. The molecule has 168 valence electrons. The van der Waals surface area contributed by atoms with Gasteiger partial charge in [-0.15, -0.1) is 0 Å². The number of benzene rings is 2. The number of likely N-dealkylation sites (tertiary alicyclic amines) is 1. The predicted molar refractivity (Wildman–Crippen MR) is 117 cm³/mol. The Hall–Kier alpha value is -3.68. The van der Waals surface area contributed by atoms with Crippen LogP contribution in [0, 0.1) is 5.82 Å². The van der Waals surface area contributed by atoms with Crippen LogP contribution in [-0.4, -0.2) is 48.6 Å². The Bertz CT molecular complexity index is 982. The quantitative estimate of drug-likeness (QED) is 0.420. The molecule has 0 aromatic heterocycles. The molecule has 1 aliphatic heterocycles. The summed E-state index contributed by atoms with van der Waals surface area (Å²) < 4.78 is 22.9. The first kappa shape index (κ1) is 23.0. The molecule has 1 fully saturated rings. The third-order valence-electron chi connectivity index (χ3n) is 4.99. The number of nitrogens with one attached hydrogen (secondary N) is 1. The van der Waals surface area contributed by atoms with Crippen molar-refractivity contribution in [2.75, 3.05) is 19.7 Å². The number of hydrogen-bond acceptors (Lipinski definition) is 5. The molecule has 0 aliphatic carbocycles. The van der Waals surface area contributed by atoms with Gasteiger partial charge in [0, 0.05) is 30.8 Å². The smallest absolute Gasteiger partial charge is 0.434 e. The molecule has 8 heteroatoms. The Labute approximate surface area is 185 Å². The fraction of sp³-hybridized carbons (Fsp3) is 0.292. The van der Waals surface area contributed by atoms with Crippen LogP contribution in [0.5, 0.6) is 5.75 Å². The van der Waals surface area contributed by atoms with E-state index in [0.29, 0.717) is 37.1 Å². The first-order chi connectivity index (χ1) is 15.4. The van der Waals surface area contributed by atoms with Crippen molar-refractivity contribution in [2.45, 2.75) is 25.8 Å². The van der Waals surface area contributed by atoms with Crippen molar-refractivity contribution >= 4 is 24.0 Å². The van der Waals surface area contributed by atoms with Crippen LogP contribution in [0.1, 0.15) is 35.7 Å². The molecule has 2 aromatic rings. The molecule has 0 bridgehead atoms. The molecule has 3 rings (SSSR count). The van der Waals surface area contributed by atoms with E-state index in [2.05, 4.69) is 5.32 Å². The average Bonchev–Trinajstić information content (AvgIpc) is 2.78. The molecule has 1 saturated heterocycles. The summed E-state index contributed by atoms with van der Waals surface area (Å²) in [6, 6.07) is 12.2. The van der Waals surface area contributed by atoms with Gasteiger partial charge in [-0.1, -0.05) is 12.1 Å². The molecule has 0 unspecified atom stereocenters. The number of carbonyl (C=O) groups is 3. The number of carbonyl (C=O) groups excluding carboxylic acids is 3. The van der Waals surface area contributed by atoms with Gasteiger partial charge >= 0.3 is 6.16 Å². The van der Waals surface area contributed by atoms with Gasteiger partial charge in [-0.25, -0.2) is 9.18 Å². The van der Waals surface area contributed by atoms with E-state index in [1.807, 2.05) is 0 Å². The summed E-state index contributed by atoms with van der Waals surface area (Å²) in [4.78, 5) is 37.9. The van der Waals surface area contributed by atoms with Gasteiger partial charge in [0.05, 0.1) is 6.61 Å². The Morgan fingerprint density at radius 3 is 2.50 bits per heavy atom. The molecule has 2 aromatic carbocycles. The topological polar surface area (TPSA) is 84.9 Å². The van der Waals surface area contributed by atoms with Gasteiger partial charge in [0.25, 0.3) is 5.91 Å². The minimum Gasteiger partial charge on any atom is -0.434 e. The second-order valence-corrected chi connectivity index (χ2v) is 7.27. The Morgan fingerprint density at radius 2 is 1.84 bits per heavy atom. The Kier molecular flexibility index (Phi) is 7.96. The lowest BCUT2D eigenvalue weighted by molar-refractivity contribution is -0.127. The van der Waals surface area contributed by atoms with Gasteiger partial charge in [-0.3, -0.25) is 9.59 Å². The molecule has 1 heterocycles. The van der Waals surface area contributed by atoms with Crippen LogP contribution in [-0.2, 0) is 9.53 Å². The van der Waals surface area contributed by atoms with Crippen molar-refractivity contribution in [3.63, 3.8) is 0 Å². The zero-order chi connectivity index (χ0) is 22.9. The van der Waals surface area contributed by atoms with Crippen molar-refractivity contribution in [3.05, 3.63) is 71.6 Å². The summed E-state index contributed by atoms with van der Waals surface area (Å²) in [6.07, 6.45) is 3.50. The van der Waals surface area contributed by atoms with Crippen molar-refractivity contribution in [1.82, 2.24) is 10.2 Å². The third-order valence-corrected chi connectivity index (χ3v) is 4.99. The number of rotatable bonds is 6. The summed E-state index contributed by atoms with van der Waals surface area (Å²) in [5, 5.41) is 2.97. The average molecular weight is 440 g/mol. The molecule has 1 aliphatic rings. The molecule has 0 saturated carbocycles.